The van der Waals surface area contributed by atoms with Crippen LogP contribution >= 0.6 is 0 Å². The SMILES string of the molecule is COc1cc([C@@](N)(Cc2ccccc2)c2cc(F)cc(OC(F)(F)C(F)F)c2)ccc1F. The molecule has 0 heterocycles. The zero-order valence-electron chi connectivity index (χ0n) is 16.8. The summed E-state index contributed by atoms with van der Waals surface area (Å²) in [6.45, 7) is 0. The molecule has 170 valence electrons. The molecule has 0 saturated carbocycles. The zero-order valence-corrected chi connectivity index (χ0v) is 16.8. The fourth-order valence-corrected chi connectivity index (χ4v) is 3.31. The third-order valence-electron chi connectivity index (χ3n) is 4.89. The Hall–Kier alpha value is -3.20. The van der Waals surface area contributed by atoms with Gasteiger partial charge in [-0.05, 0) is 47.4 Å². The Morgan fingerprint density at radius 2 is 1.59 bits per heavy atom. The van der Waals surface area contributed by atoms with Gasteiger partial charge in [0.25, 0.3) is 0 Å². The summed E-state index contributed by atoms with van der Waals surface area (Å²) in [6, 6.07) is 15.0. The van der Waals surface area contributed by atoms with E-state index in [0.29, 0.717) is 11.6 Å². The number of nitrogens with two attached hydrogens (primary N) is 1. The molecular formula is C23H19F6NO2. The van der Waals surface area contributed by atoms with Crippen LogP contribution in [0.2, 0.25) is 0 Å². The molecule has 2 N–H and O–H groups in total. The van der Waals surface area contributed by atoms with Gasteiger partial charge in [0.15, 0.2) is 11.6 Å². The van der Waals surface area contributed by atoms with Gasteiger partial charge in [-0.2, -0.15) is 17.6 Å². The van der Waals surface area contributed by atoms with Gasteiger partial charge in [-0.25, -0.2) is 8.78 Å². The van der Waals surface area contributed by atoms with Gasteiger partial charge in [0.2, 0.25) is 0 Å². The van der Waals surface area contributed by atoms with Crippen LogP contribution in [0, 0.1) is 11.6 Å². The number of hydrogen-bond acceptors (Lipinski definition) is 3. The van der Waals surface area contributed by atoms with Crippen molar-refractivity contribution in [3.63, 3.8) is 0 Å². The number of ether oxygens (including phenoxy) is 2. The zero-order chi connectivity index (χ0) is 23.5. The first-order valence-electron chi connectivity index (χ1n) is 9.38. The molecule has 1 atom stereocenters. The summed E-state index contributed by atoms with van der Waals surface area (Å²) in [5.74, 6) is -2.66. The molecule has 0 fully saturated rings. The molecule has 3 nitrogen and oxygen atoms in total. The quantitative estimate of drug-likeness (QED) is 0.446. The topological polar surface area (TPSA) is 44.5 Å². The van der Waals surface area contributed by atoms with E-state index in [9.17, 15) is 26.3 Å². The molecule has 0 radical (unpaired) electrons. The molecule has 0 bridgehead atoms. The van der Waals surface area contributed by atoms with Crippen molar-refractivity contribution < 1.29 is 35.8 Å². The molecule has 0 aromatic heterocycles. The summed E-state index contributed by atoms with van der Waals surface area (Å²) >= 11 is 0. The normalized spacial score (nSPS) is 13.7. The van der Waals surface area contributed by atoms with Crippen molar-refractivity contribution in [2.75, 3.05) is 7.11 Å². The van der Waals surface area contributed by atoms with E-state index in [1.165, 1.54) is 19.2 Å². The van der Waals surface area contributed by atoms with Crippen LogP contribution in [0.1, 0.15) is 16.7 Å². The molecule has 0 aliphatic rings. The Morgan fingerprint density at radius 1 is 0.906 bits per heavy atom. The van der Waals surface area contributed by atoms with Gasteiger partial charge in [0, 0.05) is 6.07 Å². The lowest BCUT2D eigenvalue weighted by Gasteiger charge is -2.32. The van der Waals surface area contributed by atoms with Crippen molar-refractivity contribution in [3.8, 4) is 11.5 Å². The molecule has 0 aliphatic heterocycles. The van der Waals surface area contributed by atoms with Gasteiger partial charge in [0.1, 0.15) is 11.6 Å². The predicted molar refractivity (Wildman–Crippen MR) is 106 cm³/mol. The van der Waals surface area contributed by atoms with Gasteiger partial charge in [-0.15, -0.1) is 0 Å². The van der Waals surface area contributed by atoms with E-state index in [4.69, 9.17) is 10.5 Å². The van der Waals surface area contributed by atoms with Crippen LogP contribution in [-0.2, 0) is 12.0 Å². The standard InChI is InChI=1S/C23H19F6NO2/c1-31-20-11-15(7-8-19(20)25)22(30,13-14-5-3-2-4-6-14)16-9-17(24)12-18(10-16)32-23(28,29)21(26)27/h2-12,21H,13,30H2,1H3/t22-/m0/s1. The Kier molecular flexibility index (Phi) is 6.68. The molecule has 0 amide bonds. The number of hydrogen-bond donors (Lipinski definition) is 1. The number of alkyl halides is 4. The summed E-state index contributed by atoms with van der Waals surface area (Å²) < 4.78 is 89.4. The Morgan fingerprint density at radius 3 is 2.22 bits per heavy atom. The van der Waals surface area contributed by atoms with Crippen LogP contribution in [0.5, 0.6) is 11.5 Å². The first-order chi connectivity index (χ1) is 15.0. The number of methoxy groups -OCH3 is 1. The summed E-state index contributed by atoms with van der Waals surface area (Å²) in [7, 11) is 1.25. The summed E-state index contributed by atoms with van der Waals surface area (Å²) in [6.07, 6.45) is -8.92. The third kappa shape index (κ3) is 4.99. The molecule has 9 heteroatoms. The average Bonchev–Trinajstić information content (AvgIpc) is 2.73. The highest BCUT2D eigenvalue weighted by atomic mass is 19.3. The highest BCUT2D eigenvalue weighted by Gasteiger charge is 2.44. The minimum atomic E-state index is -4.83. The summed E-state index contributed by atoms with van der Waals surface area (Å²) in [5, 5.41) is 0. The van der Waals surface area contributed by atoms with Crippen LogP contribution in [0.25, 0.3) is 0 Å². The first-order valence-corrected chi connectivity index (χ1v) is 9.38. The maximum atomic E-state index is 14.3. The van der Waals surface area contributed by atoms with Gasteiger partial charge >= 0.3 is 12.5 Å². The van der Waals surface area contributed by atoms with E-state index >= 15 is 0 Å². The lowest BCUT2D eigenvalue weighted by atomic mass is 9.78. The van der Waals surface area contributed by atoms with Crippen LogP contribution in [0.15, 0.2) is 66.7 Å². The summed E-state index contributed by atoms with van der Waals surface area (Å²) in [4.78, 5) is 0. The van der Waals surface area contributed by atoms with Gasteiger partial charge in [-0.3, -0.25) is 0 Å². The predicted octanol–water partition coefficient (Wildman–Crippen LogP) is 5.66. The van der Waals surface area contributed by atoms with Crippen LogP contribution in [0.4, 0.5) is 26.3 Å². The highest BCUT2D eigenvalue weighted by molar-refractivity contribution is 5.46. The van der Waals surface area contributed by atoms with Crippen molar-refractivity contribution in [2.45, 2.75) is 24.5 Å². The molecule has 3 aromatic carbocycles. The largest absolute Gasteiger partial charge is 0.494 e. The second-order valence-corrected chi connectivity index (χ2v) is 7.12. The molecule has 32 heavy (non-hydrogen) atoms. The number of halogens is 6. The van der Waals surface area contributed by atoms with E-state index < -0.39 is 35.5 Å². The average molecular weight is 455 g/mol. The molecule has 3 aromatic rings. The molecule has 0 aliphatic carbocycles. The number of rotatable bonds is 8. The lowest BCUT2D eigenvalue weighted by molar-refractivity contribution is -0.253. The van der Waals surface area contributed by atoms with Gasteiger partial charge in [-0.1, -0.05) is 36.4 Å². The fraction of sp³-hybridized carbons (Fsp3) is 0.217. The van der Waals surface area contributed by atoms with Crippen molar-refractivity contribution in [3.05, 3.63) is 95.1 Å². The van der Waals surface area contributed by atoms with E-state index in [1.807, 2.05) is 0 Å². The smallest absolute Gasteiger partial charge is 0.461 e. The molecular weight excluding hydrogens is 436 g/mol. The Labute approximate surface area is 180 Å². The van der Waals surface area contributed by atoms with Crippen LogP contribution in [-0.4, -0.2) is 19.6 Å². The molecule has 0 unspecified atom stereocenters. The highest BCUT2D eigenvalue weighted by Crippen LogP contribution is 2.37. The molecule has 0 spiro atoms. The van der Waals surface area contributed by atoms with Crippen molar-refractivity contribution >= 4 is 0 Å². The fourth-order valence-electron chi connectivity index (χ4n) is 3.31. The maximum Gasteiger partial charge on any atom is 0.461 e. The van der Waals surface area contributed by atoms with Crippen molar-refractivity contribution in [1.82, 2.24) is 0 Å². The lowest BCUT2D eigenvalue weighted by Crippen LogP contribution is -2.40. The molecule has 0 saturated heterocycles. The van der Waals surface area contributed by atoms with E-state index in [1.54, 1.807) is 30.3 Å². The van der Waals surface area contributed by atoms with Gasteiger partial charge < -0.3 is 15.2 Å². The number of benzene rings is 3. The van der Waals surface area contributed by atoms with Crippen LogP contribution in [0.3, 0.4) is 0 Å². The third-order valence-corrected chi connectivity index (χ3v) is 4.89. The minimum Gasteiger partial charge on any atom is -0.494 e. The minimum absolute atomic E-state index is 0.0385. The van der Waals surface area contributed by atoms with E-state index in [-0.39, 0.29) is 23.3 Å². The maximum absolute atomic E-state index is 14.3. The molecule has 3 rings (SSSR count). The Balaban J connectivity index is 2.15. The van der Waals surface area contributed by atoms with E-state index in [2.05, 4.69) is 4.74 Å². The van der Waals surface area contributed by atoms with Crippen LogP contribution < -0.4 is 15.2 Å². The van der Waals surface area contributed by atoms with E-state index in [0.717, 1.165) is 18.2 Å². The Bertz CT molecular complexity index is 1080. The van der Waals surface area contributed by atoms with Crippen molar-refractivity contribution in [1.29, 1.82) is 0 Å². The second-order valence-electron chi connectivity index (χ2n) is 7.12. The second kappa shape index (κ2) is 9.12. The van der Waals surface area contributed by atoms with Gasteiger partial charge in [0.05, 0.1) is 12.6 Å². The summed E-state index contributed by atoms with van der Waals surface area (Å²) in [5.41, 5.74) is 6.02. The monoisotopic (exact) mass is 455 g/mol. The first kappa shape index (κ1) is 23.5. The van der Waals surface area contributed by atoms with Crippen molar-refractivity contribution in [2.24, 2.45) is 5.73 Å².